The molecule has 1 saturated heterocycles. The minimum atomic E-state index is -3.48. The van der Waals surface area contributed by atoms with Crippen molar-refractivity contribution in [1.82, 2.24) is 14.5 Å². The van der Waals surface area contributed by atoms with Crippen molar-refractivity contribution >= 4 is 44.0 Å². The number of sulfonamides is 1. The van der Waals surface area contributed by atoms with Gasteiger partial charge in [-0.05, 0) is 43.5 Å². The molecule has 2 heterocycles. The van der Waals surface area contributed by atoms with Gasteiger partial charge in [-0.25, -0.2) is 8.42 Å². The normalized spacial score (nSPS) is 15.3. The van der Waals surface area contributed by atoms with Gasteiger partial charge in [0, 0.05) is 24.4 Å². The van der Waals surface area contributed by atoms with Gasteiger partial charge in [0.1, 0.15) is 0 Å². The van der Waals surface area contributed by atoms with Crippen LogP contribution >= 0.6 is 23.1 Å². The maximum absolute atomic E-state index is 12.7. The van der Waals surface area contributed by atoms with Crippen molar-refractivity contribution in [3.05, 3.63) is 29.8 Å². The van der Waals surface area contributed by atoms with Crippen molar-refractivity contribution in [2.45, 2.75) is 48.3 Å². The summed E-state index contributed by atoms with van der Waals surface area (Å²) in [6.45, 7) is 3.36. The Hall–Kier alpha value is -1.49. The number of rotatable bonds is 10. The number of anilines is 1. The third-order valence-electron chi connectivity index (χ3n) is 4.66. The lowest BCUT2D eigenvalue weighted by molar-refractivity contribution is 0.101. The Bertz CT molecular complexity index is 907. The van der Waals surface area contributed by atoms with Crippen molar-refractivity contribution in [3.8, 4) is 0 Å². The van der Waals surface area contributed by atoms with Gasteiger partial charge in [0.15, 0.2) is 10.1 Å². The summed E-state index contributed by atoms with van der Waals surface area (Å²) < 4.78 is 27.8. The molecule has 10 heteroatoms. The average Bonchev–Trinajstić information content (AvgIpc) is 3.21. The highest BCUT2D eigenvalue weighted by atomic mass is 32.2. The highest BCUT2D eigenvalue weighted by molar-refractivity contribution is 8.01. The summed E-state index contributed by atoms with van der Waals surface area (Å²) in [5.74, 6) is 0.888. The molecule has 1 fully saturated rings. The molecule has 158 valence electrons. The zero-order valence-electron chi connectivity index (χ0n) is 16.5. The van der Waals surface area contributed by atoms with Crippen molar-refractivity contribution in [2.24, 2.45) is 0 Å². The number of hydrogen-bond acceptors (Lipinski definition) is 8. The van der Waals surface area contributed by atoms with E-state index >= 15 is 0 Å². The number of thioether (sulfide) groups is 1. The molecule has 0 bridgehead atoms. The van der Waals surface area contributed by atoms with Gasteiger partial charge in [-0.2, -0.15) is 4.31 Å². The number of carbonyl (C=O) groups is 1. The van der Waals surface area contributed by atoms with Crippen molar-refractivity contribution in [3.63, 3.8) is 0 Å². The van der Waals surface area contributed by atoms with E-state index in [-0.39, 0.29) is 17.2 Å². The molecule has 1 aliphatic rings. The largest absolute Gasteiger partial charge is 0.353 e. The van der Waals surface area contributed by atoms with Crippen LogP contribution in [0.15, 0.2) is 33.5 Å². The van der Waals surface area contributed by atoms with E-state index in [1.165, 1.54) is 27.8 Å². The SMILES string of the molecule is CCCCSc1nnc(NCC(=O)c2ccc(S(=O)(=O)N3CCCCC3)cc2)s1. The molecule has 0 unspecified atom stereocenters. The summed E-state index contributed by atoms with van der Waals surface area (Å²) in [6, 6.07) is 6.19. The number of ketones is 1. The molecule has 7 nitrogen and oxygen atoms in total. The minimum absolute atomic E-state index is 0.0898. The number of piperidine rings is 1. The molecule has 1 aliphatic heterocycles. The predicted octanol–water partition coefficient (Wildman–Crippen LogP) is 3.90. The van der Waals surface area contributed by atoms with E-state index in [2.05, 4.69) is 22.4 Å². The highest BCUT2D eigenvalue weighted by Crippen LogP contribution is 2.26. The van der Waals surface area contributed by atoms with Crippen LogP contribution in [0.5, 0.6) is 0 Å². The second kappa shape index (κ2) is 10.5. The Morgan fingerprint density at radius 2 is 1.90 bits per heavy atom. The number of nitrogens with one attached hydrogen (secondary N) is 1. The van der Waals surface area contributed by atoms with Crippen LogP contribution in [0.1, 0.15) is 49.4 Å². The van der Waals surface area contributed by atoms with Crippen LogP contribution in [-0.4, -0.2) is 54.1 Å². The van der Waals surface area contributed by atoms with E-state index in [0.717, 1.165) is 42.2 Å². The summed E-state index contributed by atoms with van der Waals surface area (Å²) in [5.41, 5.74) is 0.470. The molecule has 0 spiro atoms. The molecule has 1 aromatic heterocycles. The second-order valence-corrected chi connectivity index (χ2v) is 11.1. The van der Waals surface area contributed by atoms with E-state index in [1.807, 2.05) is 0 Å². The van der Waals surface area contributed by atoms with Gasteiger partial charge in [0.05, 0.1) is 11.4 Å². The highest BCUT2D eigenvalue weighted by Gasteiger charge is 2.25. The third kappa shape index (κ3) is 6.00. The molecule has 1 aromatic carbocycles. The lowest BCUT2D eigenvalue weighted by atomic mass is 10.1. The van der Waals surface area contributed by atoms with Crippen LogP contribution in [0.25, 0.3) is 0 Å². The van der Waals surface area contributed by atoms with Gasteiger partial charge >= 0.3 is 0 Å². The summed E-state index contributed by atoms with van der Waals surface area (Å²) in [4.78, 5) is 12.7. The van der Waals surface area contributed by atoms with Gasteiger partial charge in [-0.3, -0.25) is 4.79 Å². The molecular weight excluding hydrogens is 428 g/mol. The van der Waals surface area contributed by atoms with E-state index in [4.69, 9.17) is 0 Å². The fourth-order valence-corrected chi connectivity index (χ4v) is 6.39. The molecule has 2 aromatic rings. The Balaban J connectivity index is 1.55. The standard InChI is InChI=1S/C19H26N4O3S3/c1-2-3-13-27-19-22-21-18(28-19)20-14-17(24)15-7-9-16(10-8-15)29(25,26)23-11-5-4-6-12-23/h7-10H,2-6,11-14H2,1H3,(H,20,21). The molecule has 0 amide bonds. The van der Waals surface area contributed by atoms with E-state index in [1.54, 1.807) is 23.9 Å². The zero-order chi connectivity index (χ0) is 20.7. The smallest absolute Gasteiger partial charge is 0.243 e. The van der Waals surface area contributed by atoms with Gasteiger partial charge in [-0.15, -0.1) is 10.2 Å². The summed E-state index contributed by atoms with van der Waals surface area (Å²) in [7, 11) is -3.48. The fraction of sp³-hybridized carbons (Fsp3) is 0.526. The zero-order valence-corrected chi connectivity index (χ0v) is 18.9. The quantitative estimate of drug-likeness (QED) is 0.331. The van der Waals surface area contributed by atoms with Crippen molar-refractivity contribution in [2.75, 3.05) is 30.7 Å². The second-order valence-electron chi connectivity index (χ2n) is 6.84. The molecule has 0 radical (unpaired) electrons. The number of Topliss-reactive ketones (excluding diaryl/α,β-unsaturated/α-hetero) is 1. The summed E-state index contributed by atoms with van der Waals surface area (Å²) in [5, 5.41) is 11.8. The molecule has 0 aliphatic carbocycles. The maximum Gasteiger partial charge on any atom is 0.243 e. The van der Waals surface area contributed by atoms with Gasteiger partial charge < -0.3 is 5.32 Å². The van der Waals surface area contributed by atoms with Gasteiger partial charge in [0.2, 0.25) is 15.2 Å². The Morgan fingerprint density at radius 1 is 1.17 bits per heavy atom. The molecular formula is C19H26N4O3S3. The number of nitrogens with zero attached hydrogens (tertiary/aromatic N) is 3. The average molecular weight is 455 g/mol. The van der Waals surface area contributed by atoms with Crippen LogP contribution in [0.4, 0.5) is 5.13 Å². The lowest BCUT2D eigenvalue weighted by Crippen LogP contribution is -2.35. The monoisotopic (exact) mass is 454 g/mol. The fourth-order valence-electron chi connectivity index (χ4n) is 2.97. The van der Waals surface area contributed by atoms with Crippen LogP contribution in [0.3, 0.4) is 0 Å². The molecule has 29 heavy (non-hydrogen) atoms. The van der Waals surface area contributed by atoms with E-state index in [0.29, 0.717) is 23.8 Å². The van der Waals surface area contributed by atoms with E-state index in [9.17, 15) is 13.2 Å². The van der Waals surface area contributed by atoms with Crippen LogP contribution in [-0.2, 0) is 10.0 Å². The Kier molecular flexibility index (Phi) is 8.05. The first kappa shape index (κ1) is 22.2. The predicted molar refractivity (Wildman–Crippen MR) is 117 cm³/mol. The van der Waals surface area contributed by atoms with Crippen molar-refractivity contribution < 1.29 is 13.2 Å². The van der Waals surface area contributed by atoms with Gasteiger partial charge in [0.25, 0.3) is 0 Å². The summed E-state index contributed by atoms with van der Waals surface area (Å²) >= 11 is 3.11. The molecule has 0 atom stereocenters. The van der Waals surface area contributed by atoms with E-state index < -0.39 is 10.0 Å². The number of carbonyl (C=O) groups excluding carboxylic acids is 1. The number of unbranched alkanes of at least 4 members (excludes halogenated alkanes) is 1. The Morgan fingerprint density at radius 3 is 2.59 bits per heavy atom. The van der Waals surface area contributed by atoms with Crippen LogP contribution < -0.4 is 5.32 Å². The van der Waals surface area contributed by atoms with Gasteiger partial charge in [-0.1, -0.05) is 42.9 Å². The topological polar surface area (TPSA) is 92.3 Å². The first-order valence-corrected chi connectivity index (χ1v) is 13.1. The molecule has 0 saturated carbocycles. The Labute approximate surface area is 180 Å². The number of benzene rings is 1. The minimum Gasteiger partial charge on any atom is -0.353 e. The lowest BCUT2D eigenvalue weighted by Gasteiger charge is -2.25. The number of hydrogen-bond donors (Lipinski definition) is 1. The molecule has 1 N–H and O–H groups in total. The maximum atomic E-state index is 12.7. The van der Waals surface area contributed by atoms with Crippen LogP contribution in [0.2, 0.25) is 0 Å². The third-order valence-corrected chi connectivity index (χ3v) is 8.67. The summed E-state index contributed by atoms with van der Waals surface area (Å²) in [6.07, 6.45) is 5.14. The van der Waals surface area contributed by atoms with Crippen LogP contribution in [0, 0.1) is 0 Å². The van der Waals surface area contributed by atoms with Crippen molar-refractivity contribution in [1.29, 1.82) is 0 Å². The first-order valence-electron chi connectivity index (χ1n) is 9.84. The number of aromatic nitrogens is 2. The molecule has 3 rings (SSSR count). The first-order chi connectivity index (χ1) is 14.0.